The number of allylic oxidation sites excluding steroid dienone is 4. The van der Waals surface area contributed by atoms with Gasteiger partial charge < -0.3 is 15.8 Å². The zero-order chi connectivity index (χ0) is 17.0. The van der Waals surface area contributed by atoms with Crippen LogP contribution < -0.4 is 16.9 Å². The lowest BCUT2D eigenvalue weighted by molar-refractivity contribution is 0.0487. The molecule has 0 radical (unpaired) electrons. The van der Waals surface area contributed by atoms with Crippen molar-refractivity contribution >= 4 is 6.09 Å². The Balaban J connectivity index is 1.98. The number of nitrogens with two attached hydrogens (primary N) is 2. The Hall–Kier alpha value is -1.95. The summed E-state index contributed by atoms with van der Waals surface area (Å²) in [6.45, 7) is 5.58. The molecule has 0 saturated heterocycles. The molecule has 1 aliphatic heterocycles. The van der Waals surface area contributed by atoms with Crippen LogP contribution in [0.5, 0.6) is 0 Å². The van der Waals surface area contributed by atoms with E-state index in [1.165, 1.54) is 0 Å². The van der Waals surface area contributed by atoms with Crippen molar-refractivity contribution in [1.82, 2.24) is 10.3 Å². The van der Waals surface area contributed by atoms with Crippen molar-refractivity contribution in [2.75, 3.05) is 0 Å². The van der Waals surface area contributed by atoms with Gasteiger partial charge in [0.2, 0.25) is 0 Å². The fraction of sp³-hybridized carbons (Fsp3) is 0.588. The van der Waals surface area contributed by atoms with Gasteiger partial charge in [0.25, 0.3) is 0 Å². The van der Waals surface area contributed by atoms with Gasteiger partial charge in [-0.1, -0.05) is 12.5 Å². The van der Waals surface area contributed by atoms with Gasteiger partial charge in [0.05, 0.1) is 5.70 Å². The Kier molecular flexibility index (Phi) is 5.36. The number of hydrogen-bond donors (Lipinski definition) is 3. The van der Waals surface area contributed by atoms with Crippen LogP contribution in [0.2, 0.25) is 0 Å². The predicted molar refractivity (Wildman–Crippen MR) is 90.6 cm³/mol. The van der Waals surface area contributed by atoms with Crippen molar-refractivity contribution < 1.29 is 9.53 Å². The van der Waals surface area contributed by atoms with Gasteiger partial charge in [0, 0.05) is 23.9 Å². The number of hydrogen-bond acceptors (Lipinski definition) is 5. The van der Waals surface area contributed by atoms with E-state index in [2.05, 4.69) is 5.32 Å². The van der Waals surface area contributed by atoms with Crippen LogP contribution in [0.15, 0.2) is 35.8 Å². The largest absolute Gasteiger partial charge is 0.444 e. The number of rotatable bonds is 2. The van der Waals surface area contributed by atoms with Crippen molar-refractivity contribution in [3.63, 3.8) is 0 Å². The van der Waals surface area contributed by atoms with Crippen LogP contribution in [0.1, 0.15) is 46.5 Å². The molecule has 1 fully saturated rings. The molecule has 2 unspecified atom stereocenters. The monoisotopic (exact) mass is 320 g/mol. The number of carbonyl (C=O) groups is 1. The average Bonchev–Trinajstić information content (AvgIpc) is 2.45. The summed E-state index contributed by atoms with van der Waals surface area (Å²) >= 11 is 0. The smallest absolute Gasteiger partial charge is 0.407 e. The minimum absolute atomic E-state index is 0.0806. The van der Waals surface area contributed by atoms with Gasteiger partial charge in [0.15, 0.2) is 0 Å². The fourth-order valence-corrected chi connectivity index (χ4v) is 2.99. The molecule has 6 nitrogen and oxygen atoms in total. The molecule has 2 rings (SSSR count). The lowest BCUT2D eigenvalue weighted by atomic mass is 9.83. The zero-order valence-electron chi connectivity index (χ0n) is 14.2. The lowest BCUT2D eigenvalue weighted by Gasteiger charge is -2.32. The van der Waals surface area contributed by atoms with Crippen LogP contribution in [-0.4, -0.2) is 22.7 Å². The van der Waals surface area contributed by atoms with E-state index >= 15 is 0 Å². The third-order valence-corrected chi connectivity index (χ3v) is 4.02. The van der Waals surface area contributed by atoms with E-state index < -0.39 is 5.60 Å². The van der Waals surface area contributed by atoms with E-state index in [-0.39, 0.29) is 18.1 Å². The van der Waals surface area contributed by atoms with Gasteiger partial charge in [-0.3, -0.25) is 5.01 Å². The summed E-state index contributed by atoms with van der Waals surface area (Å²) in [7, 11) is 0. The summed E-state index contributed by atoms with van der Waals surface area (Å²) in [5.41, 5.74) is 7.46. The Labute approximate surface area is 138 Å². The van der Waals surface area contributed by atoms with Gasteiger partial charge in [-0.25, -0.2) is 10.6 Å². The first-order valence-corrected chi connectivity index (χ1v) is 8.14. The molecule has 0 aromatic rings. The standard InChI is InChI=1S/C17H28N4O2/c1-17(2,3)23-16(22)20-13-8-6-7-12(11-13)15(18)14-9-4-5-10-21(14)19/h4-5,9-10,12-13H,6-8,11,18-19H2,1-3H3,(H,20,22)/b15-14-. The molecular weight excluding hydrogens is 292 g/mol. The number of nitrogens with one attached hydrogen (secondary N) is 1. The molecule has 128 valence electrons. The molecule has 0 aromatic heterocycles. The third kappa shape index (κ3) is 5.03. The van der Waals surface area contributed by atoms with Crippen molar-refractivity contribution in [1.29, 1.82) is 0 Å². The van der Waals surface area contributed by atoms with Crippen LogP contribution >= 0.6 is 0 Å². The molecular formula is C17H28N4O2. The molecule has 1 aliphatic carbocycles. The summed E-state index contributed by atoms with van der Waals surface area (Å²) in [5, 5.41) is 4.50. The summed E-state index contributed by atoms with van der Waals surface area (Å²) in [6, 6.07) is 0.0806. The highest BCUT2D eigenvalue weighted by Crippen LogP contribution is 2.30. The molecule has 1 heterocycles. The number of carbonyl (C=O) groups excluding carboxylic acids is 1. The molecule has 0 bridgehead atoms. The van der Waals surface area contributed by atoms with Crippen LogP contribution in [0.25, 0.3) is 0 Å². The number of nitrogens with zero attached hydrogens (tertiary/aromatic N) is 1. The Bertz CT molecular complexity index is 531. The highest BCUT2D eigenvalue weighted by Gasteiger charge is 2.28. The minimum atomic E-state index is -0.488. The molecule has 1 amide bonds. The molecule has 0 spiro atoms. The van der Waals surface area contributed by atoms with Crippen molar-refractivity contribution in [2.45, 2.75) is 58.1 Å². The second kappa shape index (κ2) is 7.08. The van der Waals surface area contributed by atoms with Crippen LogP contribution in [0, 0.1) is 5.92 Å². The molecule has 23 heavy (non-hydrogen) atoms. The topological polar surface area (TPSA) is 93.6 Å². The van der Waals surface area contributed by atoms with Crippen molar-refractivity contribution in [3.8, 4) is 0 Å². The normalized spacial score (nSPS) is 26.9. The maximum absolute atomic E-state index is 11.9. The third-order valence-electron chi connectivity index (χ3n) is 4.02. The summed E-state index contributed by atoms with van der Waals surface area (Å²) in [4.78, 5) is 11.9. The number of hydrazine groups is 1. The Morgan fingerprint density at radius 2 is 2.09 bits per heavy atom. The Morgan fingerprint density at radius 3 is 2.74 bits per heavy atom. The summed E-state index contributed by atoms with van der Waals surface area (Å²) in [6.07, 6.45) is 10.9. The molecule has 2 aliphatic rings. The SMILES string of the molecule is CC(C)(C)OC(=O)NC1CCCC(/C(N)=C2\C=CC=CN2N)C1. The molecule has 6 heteroatoms. The predicted octanol–water partition coefficient (Wildman–Crippen LogP) is 2.50. The highest BCUT2D eigenvalue weighted by atomic mass is 16.6. The van der Waals surface area contributed by atoms with E-state index in [9.17, 15) is 4.79 Å². The van der Waals surface area contributed by atoms with E-state index in [0.717, 1.165) is 37.1 Å². The molecule has 2 atom stereocenters. The maximum atomic E-state index is 11.9. The average molecular weight is 320 g/mol. The first-order chi connectivity index (χ1) is 10.8. The van der Waals surface area contributed by atoms with Gasteiger partial charge in [-0.05, 0) is 52.2 Å². The van der Waals surface area contributed by atoms with Gasteiger partial charge in [-0.15, -0.1) is 0 Å². The van der Waals surface area contributed by atoms with Gasteiger partial charge in [-0.2, -0.15) is 0 Å². The maximum Gasteiger partial charge on any atom is 0.407 e. The highest BCUT2D eigenvalue weighted by molar-refractivity contribution is 5.68. The van der Waals surface area contributed by atoms with Crippen LogP contribution in [0.4, 0.5) is 4.79 Å². The van der Waals surface area contributed by atoms with Gasteiger partial charge in [0.1, 0.15) is 5.60 Å². The number of alkyl carbamates (subject to hydrolysis) is 1. The number of ether oxygens (including phenoxy) is 1. The van der Waals surface area contributed by atoms with Crippen molar-refractivity contribution in [2.24, 2.45) is 17.5 Å². The first-order valence-electron chi connectivity index (χ1n) is 8.14. The first kappa shape index (κ1) is 17.4. The molecule has 0 aromatic carbocycles. The van der Waals surface area contributed by atoms with Crippen LogP contribution in [0.3, 0.4) is 0 Å². The summed E-state index contributed by atoms with van der Waals surface area (Å²) in [5.74, 6) is 6.15. The summed E-state index contributed by atoms with van der Waals surface area (Å²) < 4.78 is 5.33. The molecule has 5 N–H and O–H groups in total. The van der Waals surface area contributed by atoms with E-state index in [4.69, 9.17) is 16.3 Å². The minimum Gasteiger partial charge on any atom is -0.444 e. The molecule has 1 saturated carbocycles. The lowest BCUT2D eigenvalue weighted by Crippen LogP contribution is -2.42. The van der Waals surface area contributed by atoms with E-state index in [1.54, 1.807) is 11.2 Å². The second-order valence-corrected chi connectivity index (χ2v) is 7.16. The van der Waals surface area contributed by atoms with Crippen molar-refractivity contribution in [3.05, 3.63) is 35.8 Å². The van der Waals surface area contributed by atoms with Gasteiger partial charge >= 0.3 is 6.09 Å². The van der Waals surface area contributed by atoms with E-state index in [0.29, 0.717) is 0 Å². The Morgan fingerprint density at radius 1 is 1.35 bits per heavy atom. The quantitative estimate of drug-likeness (QED) is 0.680. The fourth-order valence-electron chi connectivity index (χ4n) is 2.99. The second-order valence-electron chi connectivity index (χ2n) is 7.16. The van der Waals surface area contributed by atoms with E-state index in [1.807, 2.05) is 39.0 Å². The zero-order valence-corrected chi connectivity index (χ0v) is 14.2. The van der Waals surface area contributed by atoms with Crippen LogP contribution in [-0.2, 0) is 4.74 Å². The number of amides is 1.